The third-order valence-corrected chi connectivity index (χ3v) is 3.47. The third-order valence-electron chi connectivity index (χ3n) is 3.47. The van der Waals surface area contributed by atoms with E-state index >= 15 is 0 Å². The van der Waals surface area contributed by atoms with E-state index in [4.69, 9.17) is 0 Å². The second kappa shape index (κ2) is 5.13. The minimum atomic E-state index is 0.206. The molecular formula is C14H19N5O. The first-order chi connectivity index (χ1) is 9.63. The molecule has 0 aliphatic carbocycles. The van der Waals surface area contributed by atoms with E-state index in [2.05, 4.69) is 39.2 Å². The molecule has 0 bridgehead atoms. The highest BCUT2D eigenvalue weighted by molar-refractivity contribution is 5.64. The zero-order valence-corrected chi connectivity index (χ0v) is 11.7. The van der Waals surface area contributed by atoms with Crippen molar-refractivity contribution in [3.05, 3.63) is 24.3 Å². The molecule has 2 aromatic rings. The second-order valence-corrected chi connectivity index (χ2v) is 5.37. The maximum atomic E-state index is 9.86. The maximum absolute atomic E-state index is 9.86. The minimum absolute atomic E-state index is 0.206. The van der Waals surface area contributed by atoms with Crippen LogP contribution in [0.4, 0.5) is 5.95 Å². The van der Waals surface area contributed by atoms with Gasteiger partial charge in [-0.2, -0.15) is 4.98 Å². The summed E-state index contributed by atoms with van der Waals surface area (Å²) >= 11 is 0. The molecule has 20 heavy (non-hydrogen) atoms. The number of hydrogen-bond acceptors (Lipinski definition) is 5. The fraction of sp³-hybridized carbons (Fsp3) is 0.429. The van der Waals surface area contributed by atoms with Crippen LogP contribution in [0.2, 0.25) is 0 Å². The number of H-pyrrole nitrogens is 1. The SMILES string of the molecule is CC1CN(c2n[nH]c(-c3ccccc3O)n2)CC(C)N1. The van der Waals surface area contributed by atoms with Crippen molar-refractivity contribution < 1.29 is 5.11 Å². The molecule has 3 rings (SSSR count). The van der Waals surface area contributed by atoms with E-state index in [0.717, 1.165) is 13.1 Å². The van der Waals surface area contributed by atoms with Gasteiger partial charge in [0.15, 0.2) is 5.82 Å². The van der Waals surface area contributed by atoms with Crippen molar-refractivity contribution in [3.8, 4) is 17.1 Å². The lowest BCUT2D eigenvalue weighted by atomic mass is 10.1. The van der Waals surface area contributed by atoms with Crippen LogP contribution in [-0.4, -0.2) is 45.5 Å². The van der Waals surface area contributed by atoms with Crippen molar-refractivity contribution in [2.75, 3.05) is 18.0 Å². The highest BCUT2D eigenvalue weighted by Gasteiger charge is 2.24. The number of hydrogen-bond donors (Lipinski definition) is 3. The summed E-state index contributed by atoms with van der Waals surface area (Å²) in [6.45, 7) is 6.06. The largest absolute Gasteiger partial charge is 0.507 e. The van der Waals surface area contributed by atoms with Crippen LogP contribution in [0.25, 0.3) is 11.4 Å². The molecule has 0 radical (unpaired) electrons. The standard InChI is InChI=1S/C14H19N5O/c1-9-7-19(8-10(2)15-9)14-16-13(17-18-14)11-5-3-4-6-12(11)20/h3-6,9-10,15,20H,7-8H2,1-2H3,(H,16,17,18). The Balaban J connectivity index is 1.85. The van der Waals surface area contributed by atoms with Gasteiger partial charge in [-0.05, 0) is 26.0 Å². The number of phenols is 1. The quantitative estimate of drug-likeness (QED) is 0.770. The van der Waals surface area contributed by atoms with Crippen molar-refractivity contribution in [2.45, 2.75) is 25.9 Å². The van der Waals surface area contributed by atoms with Gasteiger partial charge < -0.3 is 15.3 Å². The molecular weight excluding hydrogens is 254 g/mol. The van der Waals surface area contributed by atoms with Crippen molar-refractivity contribution in [3.63, 3.8) is 0 Å². The zero-order valence-electron chi connectivity index (χ0n) is 11.7. The number of phenolic OH excluding ortho intramolecular Hbond substituents is 1. The molecule has 1 aromatic heterocycles. The van der Waals surface area contributed by atoms with Crippen LogP contribution in [0.1, 0.15) is 13.8 Å². The van der Waals surface area contributed by atoms with Crippen LogP contribution >= 0.6 is 0 Å². The molecule has 2 heterocycles. The van der Waals surface area contributed by atoms with Gasteiger partial charge in [-0.15, -0.1) is 5.10 Å². The first kappa shape index (κ1) is 12.9. The van der Waals surface area contributed by atoms with Crippen molar-refractivity contribution >= 4 is 5.95 Å². The predicted octanol–water partition coefficient (Wildman–Crippen LogP) is 1.36. The predicted molar refractivity (Wildman–Crippen MR) is 77.8 cm³/mol. The molecule has 106 valence electrons. The van der Waals surface area contributed by atoms with E-state index in [1.807, 2.05) is 12.1 Å². The Morgan fingerprint density at radius 3 is 2.60 bits per heavy atom. The van der Waals surface area contributed by atoms with E-state index in [0.29, 0.717) is 29.4 Å². The number of anilines is 1. The molecule has 2 unspecified atom stereocenters. The first-order valence-corrected chi connectivity index (χ1v) is 6.85. The third kappa shape index (κ3) is 2.46. The number of rotatable bonds is 2. The Hall–Kier alpha value is -2.08. The smallest absolute Gasteiger partial charge is 0.245 e. The Bertz CT molecular complexity index is 587. The van der Waals surface area contributed by atoms with Gasteiger partial charge in [0.2, 0.25) is 5.95 Å². The summed E-state index contributed by atoms with van der Waals surface area (Å²) in [5, 5.41) is 20.5. The van der Waals surface area contributed by atoms with Crippen LogP contribution in [-0.2, 0) is 0 Å². The molecule has 1 saturated heterocycles. The molecule has 3 N–H and O–H groups in total. The van der Waals surface area contributed by atoms with Gasteiger partial charge in [0.25, 0.3) is 0 Å². The molecule has 6 nitrogen and oxygen atoms in total. The number of para-hydroxylation sites is 1. The van der Waals surface area contributed by atoms with Gasteiger partial charge >= 0.3 is 0 Å². The van der Waals surface area contributed by atoms with Gasteiger partial charge in [-0.25, -0.2) is 0 Å². The van der Waals surface area contributed by atoms with Crippen molar-refractivity contribution in [1.29, 1.82) is 0 Å². The fourth-order valence-electron chi connectivity index (χ4n) is 2.68. The Kier molecular flexibility index (Phi) is 3.31. The van der Waals surface area contributed by atoms with Gasteiger partial charge in [0.1, 0.15) is 5.75 Å². The summed E-state index contributed by atoms with van der Waals surface area (Å²) in [5.41, 5.74) is 0.669. The van der Waals surface area contributed by atoms with E-state index in [1.54, 1.807) is 12.1 Å². The van der Waals surface area contributed by atoms with E-state index in [1.165, 1.54) is 0 Å². The van der Waals surface area contributed by atoms with Crippen LogP contribution in [0.5, 0.6) is 5.75 Å². The molecule has 0 amide bonds. The lowest BCUT2D eigenvalue weighted by molar-refractivity contribution is 0.403. The van der Waals surface area contributed by atoms with E-state index in [-0.39, 0.29) is 5.75 Å². The van der Waals surface area contributed by atoms with Crippen LogP contribution in [0.15, 0.2) is 24.3 Å². The maximum Gasteiger partial charge on any atom is 0.245 e. The summed E-state index contributed by atoms with van der Waals surface area (Å²) in [6.07, 6.45) is 0. The summed E-state index contributed by atoms with van der Waals surface area (Å²) in [6, 6.07) is 7.94. The lowest BCUT2D eigenvalue weighted by Gasteiger charge is -2.35. The Morgan fingerprint density at radius 1 is 1.20 bits per heavy atom. The van der Waals surface area contributed by atoms with Crippen LogP contribution in [0.3, 0.4) is 0 Å². The molecule has 1 fully saturated rings. The van der Waals surface area contributed by atoms with Crippen molar-refractivity contribution in [2.24, 2.45) is 0 Å². The first-order valence-electron chi connectivity index (χ1n) is 6.85. The average Bonchev–Trinajstić information content (AvgIpc) is 2.87. The average molecular weight is 273 g/mol. The molecule has 1 aliphatic heterocycles. The number of benzene rings is 1. The van der Waals surface area contributed by atoms with Gasteiger partial charge in [-0.3, -0.25) is 5.10 Å². The summed E-state index contributed by atoms with van der Waals surface area (Å²) < 4.78 is 0. The lowest BCUT2D eigenvalue weighted by Crippen LogP contribution is -2.54. The molecule has 1 aliphatic rings. The van der Waals surface area contributed by atoms with Gasteiger partial charge in [0.05, 0.1) is 5.56 Å². The van der Waals surface area contributed by atoms with Crippen LogP contribution < -0.4 is 10.2 Å². The van der Waals surface area contributed by atoms with E-state index in [9.17, 15) is 5.11 Å². The number of nitrogens with one attached hydrogen (secondary N) is 2. The normalized spacial score (nSPS) is 23.0. The number of aromatic amines is 1. The summed E-state index contributed by atoms with van der Waals surface area (Å²) in [4.78, 5) is 6.66. The summed E-state index contributed by atoms with van der Waals surface area (Å²) in [5.74, 6) is 1.48. The Labute approximate surface area is 117 Å². The molecule has 6 heteroatoms. The second-order valence-electron chi connectivity index (χ2n) is 5.37. The topological polar surface area (TPSA) is 77.1 Å². The number of aromatic nitrogens is 3. The van der Waals surface area contributed by atoms with Gasteiger partial charge in [0, 0.05) is 25.2 Å². The fourth-order valence-corrected chi connectivity index (χ4v) is 2.68. The Morgan fingerprint density at radius 2 is 1.90 bits per heavy atom. The monoisotopic (exact) mass is 273 g/mol. The molecule has 2 atom stereocenters. The number of piperazine rings is 1. The molecule has 1 aromatic carbocycles. The highest BCUT2D eigenvalue weighted by Crippen LogP contribution is 2.26. The molecule has 0 spiro atoms. The molecule has 0 saturated carbocycles. The van der Waals surface area contributed by atoms with Gasteiger partial charge in [-0.1, -0.05) is 12.1 Å². The number of nitrogens with zero attached hydrogens (tertiary/aromatic N) is 3. The highest BCUT2D eigenvalue weighted by atomic mass is 16.3. The van der Waals surface area contributed by atoms with Crippen LogP contribution in [0, 0.1) is 0 Å². The number of aromatic hydroxyl groups is 1. The summed E-state index contributed by atoms with van der Waals surface area (Å²) in [7, 11) is 0. The minimum Gasteiger partial charge on any atom is -0.507 e. The van der Waals surface area contributed by atoms with Crippen molar-refractivity contribution in [1.82, 2.24) is 20.5 Å². The zero-order chi connectivity index (χ0) is 14.1. The van der Waals surface area contributed by atoms with E-state index < -0.39 is 0 Å².